The first-order valence-corrected chi connectivity index (χ1v) is 7.63. The van der Waals surface area contributed by atoms with Gasteiger partial charge in [0.2, 0.25) is 0 Å². The molecule has 18 heavy (non-hydrogen) atoms. The average molecular weight is 284 g/mol. The van der Waals surface area contributed by atoms with E-state index in [1.54, 1.807) is 0 Å². The van der Waals surface area contributed by atoms with Crippen molar-refractivity contribution in [3.63, 3.8) is 0 Å². The minimum atomic E-state index is -4.08. The Morgan fingerprint density at radius 3 is 2.50 bits per heavy atom. The molecule has 1 N–H and O–H groups in total. The maximum absolute atomic E-state index is 12.0. The molecule has 0 atom stereocenters. The molecule has 6 heteroatoms. The van der Waals surface area contributed by atoms with Crippen LogP contribution in [0.4, 0.5) is 13.2 Å². The van der Waals surface area contributed by atoms with Gasteiger partial charge in [0.05, 0.1) is 0 Å². The molecule has 0 radical (unpaired) electrons. The Balaban J connectivity index is 2.04. The molecule has 1 aliphatic rings. The quantitative estimate of drug-likeness (QED) is 0.724. The minimum Gasteiger partial charge on any atom is -0.316 e. The summed E-state index contributed by atoms with van der Waals surface area (Å²) in [7, 11) is 0. The molecule has 0 unspecified atom stereocenters. The van der Waals surface area contributed by atoms with Crippen LogP contribution in [0.2, 0.25) is 0 Å². The van der Waals surface area contributed by atoms with Gasteiger partial charge in [-0.1, -0.05) is 6.92 Å². The molecule has 0 bridgehead atoms. The van der Waals surface area contributed by atoms with Crippen LogP contribution in [-0.4, -0.2) is 48.9 Å². The molecule has 1 aliphatic heterocycles. The Hall–Kier alpha value is 0.0600. The highest BCUT2D eigenvalue weighted by Crippen LogP contribution is 2.30. The third-order valence-electron chi connectivity index (χ3n) is 3.24. The zero-order chi connectivity index (χ0) is 13.4. The average Bonchev–Trinajstić information content (AvgIpc) is 2.30. The monoisotopic (exact) mass is 284 g/mol. The van der Waals surface area contributed by atoms with Crippen molar-refractivity contribution in [1.82, 2.24) is 10.2 Å². The van der Waals surface area contributed by atoms with Gasteiger partial charge < -0.3 is 10.2 Å². The third kappa shape index (κ3) is 7.48. The van der Waals surface area contributed by atoms with E-state index in [0.717, 1.165) is 45.4 Å². The van der Waals surface area contributed by atoms with Gasteiger partial charge in [0.25, 0.3) is 0 Å². The van der Waals surface area contributed by atoms with E-state index in [1.807, 2.05) is 0 Å². The largest absolute Gasteiger partial charge is 0.441 e. The lowest BCUT2D eigenvalue weighted by Crippen LogP contribution is -2.38. The molecule has 0 aliphatic carbocycles. The fraction of sp³-hybridized carbons (Fsp3) is 1.00. The molecule has 1 rings (SSSR count). The van der Waals surface area contributed by atoms with Gasteiger partial charge in [0.15, 0.2) is 0 Å². The van der Waals surface area contributed by atoms with Gasteiger partial charge >= 0.3 is 5.51 Å². The van der Waals surface area contributed by atoms with Crippen molar-refractivity contribution < 1.29 is 13.2 Å². The van der Waals surface area contributed by atoms with E-state index in [2.05, 4.69) is 17.1 Å². The Morgan fingerprint density at radius 1 is 1.28 bits per heavy atom. The summed E-state index contributed by atoms with van der Waals surface area (Å²) >= 11 is 0.0909. The van der Waals surface area contributed by atoms with E-state index in [4.69, 9.17) is 0 Å². The predicted molar refractivity (Wildman–Crippen MR) is 70.8 cm³/mol. The van der Waals surface area contributed by atoms with E-state index in [1.165, 1.54) is 0 Å². The standard InChI is InChI=1S/C12H23F3N2S/c1-2-5-16-10-11-3-6-17(7-4-11)8-9-18-12(13,14)15/h11,16H,2-10H2,1H3. The Labute approximate surface area is 112 Å². The molecule has 0 spiro atoms. The van der Waals surface area contributed by atoms with Crippen LogP contribution >= 0.6 is 11.8 Å². The van der Waals surface area contributed by atoms with E-state index < -0.39 is 5.51 Å². The molecular weight excluding hydrogens is 261 g/mol. The number of hydrogen-bond donors (Lipinski definition) is 1. The summed E-state index contributed by atoms with van der Waals surface area (Å²) in [5, 5.41) is 3.41. The van der Waals surface area contributed by atoms with Crippen molar-refractivity contribution >= 4 is 11.8 Å². The molecule has 0 aromatic carbocycles. The molecule has 0 amide bonds. The van der Waals surface area contributed by atoms with Crippen LogP contribution in [0.1, 0.15) is 26.2 Å². The second-order valence-corrected chi connectivity index (χ2v) is 5.94. The molecule has 1 fully saturated rings. The smallest absolute Gasteiger partial charge is 0.316 e. The summed E-state index contributed by atoms with van der Waals surface area (Å²) in [6.07, 6.45) is 3.36. The summed E-state index contributed by atoms with van der Waals surface area (Å²) in [5.74, 6) is 0.852. The van der Waals surface area contributed by atoms with Crippen molar-refractivity contribution in [3.05, 3.63) is 0 Å². The summed E-state index contributed by atoms with van der Waals surface area (Å²) in [4.78, 5) is 2.15. The molecule has 0 saturated carbocycles. The van der Waals surface area contributed by atoms with Gasteiger partial charge in [0, 0.05) is 12.3 Å². The summed E-state index contributed by atoms with van der Waals surface area (Å²) < 4.78 is 35.9. The number of likely N-dealkylation sites (tertiary alicyclic amines) is 1. The zero-order valence-corrected chi connectivity index (χ0v) is 11.7. The number of halogens is 3. The fourth-order valence-corrected chi connectivity index (χ4v) is 2.77. The molecule has 0 aromatic rings. The number of thioether (sulfide) groups is 1. The first-order valence-electron chi connectivity index (χ1n) is 6.65. The topological polar surface area (TPSA) is 15.3 Å². The normalized spacial score (nSPS) is 19.3. The first kappa shape index (κ1) is 16.1. The van der Waals surface area contributed by atoms with E-state index in [0.29, 0.717) is 12.5 Å². The van der Waals surface area contributed by atoms with Crippen molar-refractivity contribution in [3.8, 4) is 0 Å². The van der Waals surface area contributed by atoms with Crippen LogP contribution in [0.15, 0.2) is 0 Å². The van der Waals surface area contributed by atoms with Crippen molar-refractivity contribution in [2.75, 3.05) is 38.5 Å². The van der Waals surface area contributed by atoms with Crippen molar-refractivity contribution in [1.29, 1.82) is 0 Å². The predicted octanol–water partition coefficient (Wildman–Crippen LogP) is 2.95. The van der Waals surface area contributed by atoms with Gasteiger partial charge in [-0.2, -0.15) is 13.2 Å². The lowest BCUT2D eigenvalue weighted by molar-refractivity contribution is -0.0329. The van der Waals surface area contributed by atoms with Gasteiger partial charge in [-0.05, 0) is 63.1 Å². The maximum atomic E-state index is 12.0. The van der Waals surface area contributed by atoms with Crippen LogP contribution in [0.5, 0.6) is 0 Å². The first-order chi connectivity index (χ1) is 8.51. The number of piperidine rings is 1. The number of alkyl halides is 3. The number of hydrogen-bond acceptors (Lipinski definition) is 3. The highest BCUT2D eigenvalue weighted by molar-refractivity contribution is 8.00. The Bertz CT molecular complexity index is 216. The highest BCUT2D eigenvalue weighted by atomic mass is 32.2. The van der Waals surface area contributed by atoms with Gasteiger partial charge in [-0.15, -0.1) is 0 Å². The lowest BCUT2D eigenvalue weighted by atomic mass is 9.97. The van der Waals surface area contributed by atoms with Crippen LogP contribution < -0.4 is 5.32 Å². The molecule has 2 nitrogen and oxygen atoms in total. The fourth-order valence-electron chi connectivity index (χ4n) is 2.19. The maximum Gasteiger partial charge on any atom is 0.441 e. The SMILES string of the molecule is CCCNCC1CCN(CCSC(F)(F)F)CC1. The van der Waals surface area contributed by atoms with Crippen LogP contribution in [-0.2, 0) is 0 Å². The highest BCUT2D eigenvalue weighted by Gasteiger charge is 2.28. The summed E-state index contributed by atoms with van der Waals surface area (Å²) in [6, 6.07) is 0. The van der Waals surface area contributed by atoms with E-state index >= 15 is 0 Å². The van der Waals surface area contributed by atoms with Crippen LogP contribution in [0.25, 0.3) is 0 Å². The molecule has 1 saturated heterocycles. The van der Waals surface area contributed by atoms with Gasteiger partial charge in [-0.3, -0.25) is 0 Å². The van der Waals surface area contributed by atoms with Gasteiger partial charge in [0.1, 0.15) is 0 Å². The second kappa shape index (κ2) is 8.27. The van der Waals surface area contributed by atoms with E-state index in [-0.39, 0.29) is 17.5 Å². The molecular formula is C12H23F3N2S. The Kier molecular flexibility index (Phi) is 7.41. The second-order valence-electron chi connectivity index (χ2n) is 4.78. The molecule has 108 valence electrons. The Morgan fingerprint density at radius 2 is 1.94 bits per heavy atom. The van der Waals surface area contributed by atoms with Crippen molar-refractivity contribution in [2.24, 2.45) is 5.92 Å². The number of nitrogens with zero attached hydrogens (tertiary/aromatic N) is 1. The minimum absolute atomic E-state index is 0.0909. The molecule has 0 aromatic heterocycles. The lowest BCUT2D eigenvalue weighted by Gasteiger charge is -2.32. The summed E-state index contributed by atoms with van der Waals surface area (Å²) in [6.45, 7) is 6.70. The van der Waals surface area contributed by atoms with Crippen LogP contribution in [0.3, 0.4) is 0 Å². The number of nitrogens with one attached hydrogen (secondary N) is 1. The third-order valence-corrected chi connectivity index (χ3v) is 3.95. The van der Waals surface area contributed by atoms with Crippen LogP contribution in [0, 0.1) is 5.92 Å². The molecule has 1 heterocycles. The van der Waals surface area contributed by atoms with Crippen molar-refractivity contribution in [2.45, 2.75) is 31.7 Å². The van der Waals surface area contributed by atoms with Gasteiger partial charge in [-0.25, -0.2) is 0 Å². The van der Waals surface area contributed by atoms with E-state index in [9.17, 15) is 13.2 Å². The zero-order valence-electron chi connectivity index (χ0n) is 10.9. The summed E-state index contributed by atoms with van der Waals surface area (Å²) in [5.41, 5.74) is -4.08. The number of rotatable bonds is 7.